The van der Waals surface area contributed by atoms with Crippen LogP contribution in [0.5, 0.6) is 5.75 Å². The molecule has 0 heterocycles. The fraction of sp³-hybridized carbons (Fsp3) is 0.385. The van der Waals surface area contributed by atoms with E-state index in [4.69, 9.17) is 16.3 Å². The molecule has 0 saturated heterocycles. The highest BCUT2D eigenvalue weighted by Crippen LogP contribution is 2.22. The Kier molecular flexibility index (Phi) is 4.78. The minimum absolute atomic E-state index is 0.0386. The summed E-state index contributed by atoms with van der Waals surface area (Å²) in [5.74, 6) is 0.0386. The van der Waals surface area contributed by atoms with Gasteiger partial charge in [-0.3, -0.25) is 0 Å². The van der Waals surface area contributed by atoms with E-state index in [0.717, 1.165) is 0 Å². The van der Waals surface area contributed by atoms with Crippen LogP contribution in [0.25, 0.3) is 0 Å². The van der Waals surface area contributed by atoms with Crippen LogP contribution in [0, 0.1) is 0 Å². The standard InChI is InChI=1S/C13H17ClN2O3/c1-8(10-7-9(14)5-6-11(10)17)15-16-12(18)19-13(2,3)4/h5-7,17H,1-4H3,(H,16,18)/b15-8+. The van der Waals surface area contributed by atoms with Gasteiger partial charge in [-0.25, -0.2) is 10.2 Å². The third-order valence-corrected chi connectivity index (χ3v) is 2.30. The fourth-order valence-electron chi connectivity index (χ4n) is 1.29. The number of hydrogen-bond acceptors (Lipinski definition) is 4. The maximum absolute atomic E-state index is 11.4. The Hall–Kier alpha value is -1.75. The average molecular weight is 285 g/mol. The van der Waals surface area contributed by atoms with Crippen LogP contribution in [0.4, 0.5) is 4.79 Å². The van der Waals surface area contributed by atoms with Gasteiger partial charge in [-0.05, 0) is 45.9 Å². The predicted molar refractivity (Wildman–Crippen MR) is 74.7 cm³/mol. The number of halogens is 1. The van der Waals surface area contributed by atoms with Crippen LogP contribution in [-0.4, -0.2) is 22.5 Å². The molecule has 5 nitrogen and oxygen atoms in total. The number of hydrogen-bond donors (Lipinski definition) is 2. The number of phenols is 1. The first kappa shape index (κ1) is 15.3. The third kappa shape index (κ3) is 5.18. The van der Waals surface area contributed by atoms with E-state index < -0.39 is 11.7 Å². The van der Waals surface area contributed by atoms with E-state index in [2.05, 4.69) is 10.5 Å². The maximum Gasteiger partial charge on any atom is 0.428 e. The van der Waals surface area contributed by atoms with Gasteiger partial charge < -0.3 is 9.84 Å². The molecule has 0 spiro atoms. The van der Waals surface area contributed by atoms with E-state index in [1.165, 1.54) is 6.07 Å². The van der Waals surface area contributed by atoms with Crippen molar-refractivity contribution in [2.24, 2.45) is 5.10 Å². The van der Waals surface area contributed by atoms with Crippen molar-refractivity contribution < 1.29 is 14.6 Å². The van der Waals surface area contributed by atoms with Gasteiger partial charge in [0.1, 0.15) is 11.4 Å². The van der Waals surface area contributed by atoms with Crippen molar-refractivity contribution in [1.29, 1.82) is 0 Å². The van der Waals surface area contributed by atoms with Gasteiger partial charge in [-0.1, -0.05) is 11.6 Å². The Balaban J connectivity index is 2.77. The number of phenolic OH excluding ortho intramolecular Hbond substituents is 1. The molecule has 0 aliphatic heterocycles. The van der Waals surface area contributed by atoms with E-state index >= 15 is 0 Å². The van der Waals surface area contributed by atoms with Crippen LogP contribution in [0.1, 0.15) is 33.3 Å². The Labute approximate surface area is 117 Å². The summed E-state index contributed by atoms with van der Waals surface area (Å²) in [5, 5.41) is 14.0. The van der Waals surface area contributed by atoms with Crippen molar-refractivity contribution in [1.82, 2.24) is 5.43 Å². The molecule has 0 saturated carbocycles. The molecule has 0 aliphatic rings. The van der Waals surface area contributed by atoms with Crippen LogP contribution in [0.3, 0.4) is 0 Å². The molecule has 0 radical (unpaired) electrons. The molecule has 1 aromatic rings. The molecule has 0 atom stereocenters. The molecule has 19 heavy (non-hydrogen) atoms. The summed E-state index contributed by atoms with van der Waals surface area (Å²) < 4.78 is 5.03. The Morgan fingerprint density at radius 3 is 2.63 bits per heavy atom. The molecule has 104 valence electrons. The first-order valence-corrected chi connectivity index (χ1v) is 6.09. The summed E-state index contributed by atoms with van der Waals surface area (Å²) in [4.78, 5) is 11.4. The van der Waals surface area contributed by atoms with E-state index in [-0.39, 0.29) is 5.75 Å². The molecular weight excluding hydrogens is 268 g/mol. The average Bonchev–Trinajstić information content (AvgIpc) is 2.27. The molecular formula is C13H17ClN2O3. The smallest absolute Gasteiger partial charge is 0.428 e. The van der Waals surface area contributed by atoms with E-state index in [1.54, 1.807) is 39.8 Å². The first-order chi connectivity index (χ1) is 8.69. The van der Waals surface area contributed by atoms with Gasteiger partial charge in [0.15, 0.2) is 0 Å². The number of hydrazone groups is 1. The normalized spacial score (nSPS) is 12.2. The van der Waals surface area contributed by atoms with Crippen molar-refractivity contribution in [2.75, 3.05) is 0 Å². The van der Waals surface area contributed by atoms with Gasteiger partial charge in [0.2, 0.25) is 0 Å². The lowest BCUT2D eigenvalue weighted by molar-refractivity contribution is 0.0529. The zero-order chi connectivity index (χ0) is 14.6. The number of ether oxygens (including phenoxy) is 1. The van der Waals surface area contributed by atoms with Gasteiger partial charge in [-0.15, -0.1) is 0 Å². The molecule has 0 unspecified atom stereocenters. The van der Waals surface area contributed by atoms with Crippen LogP contribution in [-0.2, 0) is 4.74 Å². The van der Waals surface area contributed by atoms with Crippen LogP contribution in [0.2, 0.25) is 5.02 Å². The minimum atomic E-state index is -0.659. The molecule has 6 heteroatoms. The van der Waals surface area contributed by atoms with Gasteiger partial charge >= 0.3 is 6.09 Å². The van der Waals surface area contributed by atoms with Crippen molar-refractivity contribution in [2.45, 2.75) is 33.3 Å². The molecule has 2 N–H and O–H groups in total. The fourth-order valence-corrected chi connectivity index (χ4v) is 1.46. The molecule has 1 rings (SSSR count). The number of nitrogens with zero attached hydrogens (tertiary/aromatic N) is 1. The zero-order valence-electron chi connectivity index (χ0n) is 11.3. The van der Waals surface area contributed by atoms with Gasteiger partial charge in [0, 0.05) is 10.6 Å². The maximum atomic E-state index is 11.4. The summed E-state index contributed by atoms with van der Waals surface area (Å²) >= 11 is 5.83. The number of amides is 1. The number of aromatic hydroxyl groups is 1. The number of rotatable bonds is 2. The number of nitrogens with one attached hydrogen (secondary N) is 1. The second-order valence-electron chi connectivity index (χ2n) is 4.97. The highest BCUT2D eigenvalue weighted by molar-refractivity contribution is 6.31. The minimum Gasteiger partial charge on any atom is -0.507 e. The molecule has 0 aromatic heterocycles. The monoisotopic (exact) mass is 284 g/mol. The Morgan fingerprint density at radius 1 is 1.42 bits per heavy atom. The lowest BCUT2D eigenvalue weighted by atomic mass is 10.1. The zero-order valence-corrected chi connectivity index (χ0v) is 12.1. The Bertz CT molecular complexity index is 507. The van der Waals surface area contributed by atoms with E-state index in [9.17, 15) is 9.90 Å². The second-order valence-corrected chi connectivity index (χ2v) is 5.41. The van der Waals surface area contributed by atoms with E-state index in [0.29, 0.717) is 16.3 Å². The highest BCUT2D eigenvalue weighted by Gasteiger charge is 2.15. The number of benzene rings is 1. The van der Waals surface area contributed by atoms with Crippen molar-refractivity contribution >= 4 is 23.4 Å². The van der Waals surface area contributed by atoms with Crippen molar-refractivity contribution in [3.05, 3.63) is 28.8 Å². The summed E-state index contributed by atoms with van der Waals surface area (Å²) in [6.07, 6.45) is -0.659. The third-order valence-electron chi connectivity index (χ3n) is 2.06. The van der Waals surface area contributed by atoms with Crippen molar-refractivity contribution in [3.8, 4) is 5.75 Å². The summed E-state index contributed by atoms with van der Waals surface area (Å²) in [7, 11) is 0. The number of carbonyl (C=O) groups is 1. The molecule has 0 fully saturated rings. The Morgan fingerprint density at radius 2 is 2.05 bits per heavy atom. The van der Waals surface area contributed by atoms with Crippen molar-refractivity contribution in [3.63, 3.8) is 0 Å². The van der Waals surface area contributed by atoms with Gasteiger partial charge in [0.25, 0.3) is 0 Å². The van der Waals surface area contributed by atoms with Crippen LogP contribution < -0.4 is 5.43 Å². The molecule has 1 amide bonds. The summed E-state index contributed by atoms with van der Waals surface area (Å²) in [5.41, 5.74) is 2.54. The predicted octanol–water partition coefficient (Wildman–Crippen LogP) is 3.29. The molecule has 0 bridgehead atoms. The topological polar surface area (TPSA) is 70.9 Å². The quantitative estimate of drug-likeness (QED) is 0.646. The molecule has 1 aromatic carbocycles. The lowest BCUT2D eigenvalue weighted by Crippen LogP contribution is -2.30. The second kappa shape index (κ2) is 5.93. The van der Waals surface area contributed by atoms with Crippen LogP contribution in [0.15, 0.2) is 23.3 Å². The summed E-state index contributed by atoms with van der Waals surface area (Å²) in [6.45, 7) is 6.91. The highest BCUT2D eigenvalue weighted by atomic mass is 35.5. The first-order valence-electron chi connectivity index (χ1n) is 5.71. The SMILES string of the molecule is C/C(=N\NC(=O)OC(C)(C)C)c1cc(Cl)ccc1O. The van der Waals surface area contributed by atoms with E-state index in [1.807, 2.05) is 0 Å². The number of carbonyl (C=O) groups excluding carboxylic acids is 1. The summed E-state index contributed by atoms with van der Waals surface area (Å²) in [6, 6.07) is 4.59. The largest absolute Gasteiger partial charge is 0.507 e. The van der Waals surface area contributed by atoms with Crippen LogP contribution >= 0.6 is 11.6 Å². The van der Waals surface area contributed by atoms with Gasteiger partial charge in [-0.2, -0.15) is 5.10 Å². The van der Waals surface area contributed by atoms with Gasteiger partial charge in [0.05, 0.1) is 5.71 Å². The lowest BCUT2D eigenvalue weighted by Gasteiger charge is -2.18. The molecule has 0 aliphatic carbocycles.